The summed E-state index contributed by atoms with van der Waals surface area (Å²) in [6.07, 6.45) is 1.19. The van der Waals surface area contributed by atoms with Gasteiger partial charge in [0.1, 0.15) is 6.04 Å². The third kappa shape index (κ3) is 4.67. The smallest absolute Gasteiger partial charge is 0.326 e. The fraction of sp³-hybridized carbons (Fsp3) is 0.800. The number of aliphatic carboxylic acids is 1. The number of urea groups is 1. The fourth-order valence-corrected chi connectivity index (χ4v) is 1.30. The van der Waals surface area contributed by atoms with E-state index >= 15 is 0 Å². The van der Waals surface area contributed by atoms with Crippen LogP contribution in [-0.4, -0.2) is 41.1 Å². The zero-order valence-electron chi connectivity index (χ0n) is 9.62. The normalized spacial score (nSPS) is 11.9. The number of amides is 2. The summed E-state index contributed by atoms with van der Waals surface area (Å²) in [5.74, 6) is -0.975. The number of nitrogens with zero attached hydrogens (tertiary/aromatic N) is 1. The zero-order chi connectivity index (χ0) is 11.8. The third-order valence-electron chi connectivity index (χ3n) is 2.22. The molecule has 15 heavy (non-hydrogen) atoms. The number of carboxylic acids is 1. The van der Waals surface area contributed by atoms with Crippen molar-refractivity contribution in [3.63, 3.8) is 0 Å². The Hall–Kier alpha value is -1.26. The Morgan fingerprint density at radius 3 is 2.13 bits per heavy atom. The van der Waals surface area contributed by atoms with E-state index < -0.39 is 12.0 Å². The van der Waals surface area contributed by atoms with Gasteiger partial charge in [0.05, 0.1) is 0 Å². The molecule has 0 rings (SSSR count). The number of hydrogen-bond acceptors (Lipinski definition) is 2. The van der Waals surface area contributed by atoms with Crippen molar-refractivity contribution in [2.24, 2.45) is 0 Å². The zero-order valence-corrected chi connectivity index (χ0v) is 9.62. The van der Waals surface area contributed by atoms with Gasteiger partial charge in [-0.25, -0.2) is 9.59 Å². The average Bonchev–Trinajstić information content (AvgIpc) is 2.18. The van der Waals surface area contributed by atoms with Crippen molar-refractivity contribution in [2.45, 2.75) is 39.7 Å². The first-order valence-electron chi connectivity index (χ1n) is 5.34. The Labute approximate surface area is 90.5 Å². The first kappa shape index (κ1) is 13.7. The van der Waals surface area contributed by atoms with Gasteiger partial charge in [0.2, 0.25) is 0 Å². The number of carbonyl (C=O) groups is 2. The number of carboxylic acid groups (broad SMARTS) is 1. The highest BCUT2D eigenvalue weighted by Gasteiger charge is 2.20. The second kappa shape index (κ2) is 7.09. The lowest BCUT2D eigenvalue weighted by Crippen LogP contribution is -2.47. The Balaban J connectivity index is 4.27. The van der Waals surface area contributed by atoms with Gasteiger partial charge in [0.25, 0.3) is 0 Å². The van der Waals surface area contributed by atoms with Crippen molar-refractivity contribution in [1.82, 2.24) is 10.2 Å². The van der Waals surface area contributed by atoms with Gasteiger partial charge >= 0.3 is 12.0 Å². The van der Waals surface area contributed by atoms with Gasteiger partial charge in [-0.1, -0.05) is 13.3 Å². The molecule has 0 radical (unpaired) electrons. The summed E-state index contributed by atoms with van der Waals surface area (Å²) in [6.45, 7) is 6.78. The maximum Gasteiger partial charge on any atom is 0.326 e. The van der Waals surface area contributed by atoms with Crippen LogP contribution in [0, 0.1) is 0 Å². The van der Waals surface area contributed by atoms with Crippen molar-refractivity contribution in [2.75, 3.05) is 13.1 Å². The molecule has 0 aromatic carbocycles. The molecule has 0 aliphatic carbocycles. The second-order valence-corrected chi connectivity index (χ2v) is 3.30. The van der Waals surface area contributed by atoms with E-state index in [0.29, 0.717) is 19.5 Å². The summed E-state index contributed by atoms with van der Waals surface area (Å²) < 4.78 is 0. The van der Waals surface area contributed by atoms with Crippen LogP contribution in [0.2, 0.25) is 0 Å². The SMILES string of the molecule is CCCC(NC(=O)N(CC)CC)C(=O)O. The van der Waals surface area contributed by atoms with Crippen LogP contribution in [-0.2, 0) is 4.79 Å². The van der Waals surface area contributed by atoms with Gasteiger partial charge in [0.15, 0.2) is 0 Å². The molecule has 5 nitrogen and oxygen atoms in total. The maximum absolute atomic E-state index is 11.5. The lowest BCUT2D eigenvalue weighted by Gasteiger charge is -2.22. The molecule has 2 N–H and O–H groups in total. The highest BCUT2D eigenvalue weighted by Crippen LogP contribution is 1.98. The minimum absolute atomic E-state index is 0.305. The van der Waals surface area contributed by atoms with Gasteiger partial charge in [-0.3, -0.25) is 0 Å². The first-order chi connectivity index (χ1) is 7.06. The van der Waals surface area contributed by atoms with Crippen LogP contribution in [0.3, 0.4) is 0 Å². The molecule has 1 unspecified atom stereocenters. The molecule has 0 bridgehead atoms. The second-order valence-electron chi connectivity index (χ2n) is 3.30. The first-order valence-corrected chi connectivity index (χ1v) is 5.34. The number of rotatable bonds is 6. The predicted molar refractivity (Wildman–Crippen MR) is 57.8 cm³/mol. The van der Waals surface area contributed by atoms with E-state index in [0.717, 1.165) is 6.42 Å². The molecule has 1 atom stereocenters. The van der Waals surface area contributed by atoms with Crippen LogP contribution < -0.4 is 5.32 Å². The van der Waals surface area contributed by atoms with Gasteiger partial charge in [-0.2, -0.15) is 0 Å². The monoisotopic (exact) mass is 216 g/mol. The van der Waals surface area contributed by atoms with Crippen molar-refractivity contribution >= 4 is 12.0 Å². The van der Waals surface area contributed by atoms with E-state index in [4.69, 9.17) is 5.11 Å². The van der Waals surface area contributed by atoms with Gasteiger partial charge < -0.3 is 15.3 Å². The van der Waals surface area contributed by atoms with Crippen LogP contribution >= 0.6 is 0 Å². The molecule has 0 aliphatic rings. The molecule has 0 aliphatic heterocycles. The molecule has 0 heterocycles. The molecular formula is C10H20N2O3. The van der Waals surface area contributed by atoms with Gasteiger partial charge in [-0.15, -0.1) is 0 Å². The summed E-state index contributed by atoms with van der Waals surface area (Å²) in [4.78, 5) is 23.9. The lowest BCUT2D eigenvalue weighted by molar-refractivity contribution is -0.139. The van der Waals surface area contributed by atoms with E-state index in [1.165, 1.54) is 0 Å². The summed E-state index contributed by atoms with van der Waals surface area (Å²) in [5.41, 5.74) is 0. The summed E-state index contributed by atoms with van der Waals surface area (Å²) in [5, 5.41) is 11.4. The molecule has 0 saturated carbocycles. The van der Waals surface area contributed by atoms with E-state index in [1.807, 2.05) is 20.8 Å². The molecular weight excluding hydrogens is 196 g/mol. The summed E-state index contributed by atoms with van der Waals surface area (Å²) in [6, 6.07) is -1.08. The highest BCUT2D eigenvalue weighted by atomic mass is 16.4. The average molecular weight is 216 g/mol. The van der Waals surface area contributed by atoms with Crippen molar-refractivity contribution in [1.29, 1.82) is 0 Å². The maximum atomic E-state index is 11.5. The Morgan fingerprint density at radius 2 is 1.80 bits per heavy atom. The largest absolute Gasteiger partial charge is 0.480 e. The van der Waals surface area contributed by atoms with E-state index in [-0.39, 0.29) is 6.03 Å². The Kier molecular flexibility index (Phi) is 6.49. The van der Waals surface area contributed by atoms with Gasteiger partial charge in [-0.05, 0) is 20.3 Å². The van der Waals surface area contributed by atoms with E-state index in [9.17, 15) is 9.59 Å². The molecule has 0 spiro atoms. The van der Waals surface area contributed by atoms with Crippen LogP contribution in [0.1, 0.15) is 33.6 Å². The molecule has 5 heteroatoms. The number of nitrogens with one attached hydrogen (secondary N) is 1. The highest BCUT2D eigenvalue weighted by molar-refractivity contribution is 5.82. The van der Waals surface area contributed by atoms with Crippen molar-refractivity contribution in [3.8, 4) is 0 Å². The van der Waals surface area contributed by atoms with Crippen LogP contribution in [0.15, 0.2) is 0 Å². The Bertz CT molecular complexity index is 215. The quantitative estimate of drug-likeness (QED) is 0.703. The number of hydrogen-bond donors (Lipinski definition) is 2. The lowest BCUT2D eigenvalue weighted by atomic mass is 10.2. The Morgan fingerprint density at radius 1 is 1.27 bits per heavy atom. The molecule has 2 amide bonds. The molecule has 0 fully saturated rings. The van der Waals surface area contributed by atoms with Crippen molar-refractivity contribution < 1.29 is 14.7 Å². The van der Waals surface area contributed by atoms with Crippen LogP contribution in [0.5, 0.6) is 0 Å². The van der Waals surface area contributed by atoms with E-state index in [2.05, 4.69) is 5.32 Å². The summed E-state index contributed by atoms with van der Waals surface area (Å²) >= 11 is 0. The predicted octanol–water partition coefficient (Wildman–Crippen LogP) is 1.29. The summed E-state index contributed by atoms with van der Waals surface area (Å²) in [7, 11) is 0. The minimum Gasteiger partial charge on any atom is -0.480 e. The number of carbonyl (C=O) groups excluding carboxylic acids is 1. The van der Waals surface area contributed by atoms with E-state index in [1.54, 1.807) is 4.90 Å². The fourth-order valence-electron chi connectivity index (χ4n) is 1.30. The topological polar surface area (TPSA) is 69.6 Å². The van der Waals surface area contributed by atoms with Crippen molar-refractivity contribution in [3.05, 3.63) is 0 Å². The molecule has 0 aromatic heterocycles. The molecule has 0 aromatic rings. The standard InChI is InChI=1S/C10H20N2O3/c1-4-7-8(9(13)14)11-10(15)12(5-2)6-3/h8H,4-7H2,1-3H3,(H,11,15)(H,13,14). The molecule has 88 valence electrons. The molecule has 0 saturated heterocycles. The van der Waals surface area contributed by atoms with Crippen LogP contribution in [0.4, 0.5) is 4.79 Å². The third-order valence-corrected chi connectivity index (χ3v) is 2.22. The van der Waals surface area contributed by atoms with Gasteiger partial charge in [0, 0.05) is 13.1 Å². The minimum atomic E-state index is -0.975. The van der Waals surface area contributed by atoms with Crippen LogP contribution in [0.25, 0.3) is 0 Å².